The van der Waals surface area contributed by atoms with Crippen molar-refractivity contribution in [1.82, 2.24) is 10.2 Å². The Bertz CT molecular complexity index is 239. The van der Waals surface area contributed by atoms with Crippen molar-refractivity contribution in [1.29, 1.82) is 0 Å². The fourth-order valence-corrected chi connectivity index (χ4v) is 1.57. The largest absolute Gasteiger partial charge is 0.352 e. The van der Waals surface area contributed by atoms with E-state index in [1.807, 2.05) is 27.7 Å². The number of hydrogen-bond donors (Lipinski definition) is 2. The number of carbonyl (C=O) groups is 2. The average molecular weight is 229 g/mol. The second-order valence-electron chi connectivity index (χ2n) is 3.88. The molecule has 0 saturated heterocycles. The Kier molecular flexibility index (Phi) is 6.53. The van der Waals surface area contributed by atoms with Crippen molar-refractivity contribution >= 4 is 11.9 Å². The molecule has 0 aromatic heterocycles. The normalized spacial score (nSPS) is 14.0. The molecule has 0 aromatic rings. The number of primary amides is 1. The average Bonchev–Trinajstić information content (AvgIpc) is 2.26. The maximum Gasteiger partial charge on any atom is 0.312 e. The van der Waals surface area contributed by atoms with Crippen LogP contribution in [0.25, 0.3) is 0 Å². The van der Waals surface area contributed by atoms with Gasteiger partial charge in [-0.05, 0) is 19.8 Å². The summed E-state index contributed by atoms with van der Waals surface area (Å²) >= 11 is 0. The molecule has 2 atom stereocenters. The molecule has 0 heterocycles. The number of carbonyl (C=O) groups excluding carboxylic acids is 2. The maximum atomic E-state index is 12.1. The number of nitrogens with zero attached hydrogens (tertiary/aromatic N) is 1. The predicted octanol–water partition coefficient (Wildman–Crippen LogP) is 0.938. The summed E-state index contributed by atoms with van der Waals surface area (Å²) in [5.41, 5.74) is 5.09. The third-order valence-electron chi connectivity index (χ3n) is 2.85. The molecular weight excluding hydrogens is 206 g/mol. The summed E-state index contributed by atoms with van der Waals surface area (Å²) in [4.78, 5) is 24.7. The van der Waals surface area contributed by atoms with Crippen LogP contribution in [0.5, 0.6) is 0 Å². The van der Waals surface area contributed by atoms with E-state index in [0.29, 0.717) is 13.1 Å². The van der Waals surface area contributed by atoms with Gasteiger partial charge in [-0.2, -0.15) is 0 Å². The molecule has 5 heteroatoms. The van der Waals surface area contributed by atoms with E-state index >= 15 is 0 Å². The minimum absolute atomic E-state index is 0.0573. The Balaban J connectivity index is 4.73. The molecule has 0 fully saturated rings. The fraction of sp³-hybridized carbons (Fsp3) is 0.818. The van der Waals surface area contributed by atoms with Crippen LogP contribution in [0.4, 0.5) is 4.79 Å². The quantitative estimate of drug-likeness (QED) is 0.711. The smallest absolute Gasteiger partial charge is 0.312 e. The molecule has 3 amide bonds. The molecule has 0 rings (SSSR count). The Labute approximate surface area is 97.4 Å². The number of rotatable bonds is 6. The third kappa shape index (κ3) is 4.08. The highest BCUT2D eigenvalue weighted by Gasteiger charge is 2.27. The second-order valence-corrected chi connectivity index (χ2v) is 3.88. The Hall–Kier alpha value is -1.26. The van der Waals surface area contributed by atoms with Gasteiger partial charge in [-0.3, -0.25) is 4.79 Å². The van der Waals surface area contributed by atoms with Gasteiger partial charge in [0, 0.05) is 13.1 Å². The van der Waals surface area contributed by atoms with Gasteiger partial charge in [0.2, 0.25) is 5.91 Å². The van der Waals surface area contributed by atoms with E-state index in [9.17, 15) is 9.59 Å². The van der Waals surface area contributed by atoms with Crippen molar-refractivity contribution in [3.8, 4) is 0 Å². The molecule has 0 bridgehead atoms. The number of nitrogens with two attached hydrogens (primary N) is 1. The SMILES string of the molecule is CCC(C)C(NC(N)=O)C(=O)N(CC)CC. The molecule has 0 aliphatic heterocycles. The minimum Gasteiger partial charge on any atom is -0.352 e. The molecule has 3 N–H and O–H groups in total. The second kappa shape index (κ2) is 7.09. The van der Waals surface area contributed by atoms with Gasteiger partial charge in [-0.25, -0.2) is 4.79 Å². The molecular formula is C11H23N3O2. The van der Waals surface area contributed by atoms with Crippen molar-refractivity contribution in [3.05, 3.63) is 0 Å². The summed E-state index contributed by atoms with van der Waals surface area (Å²) in [5.74, 6) is 0.0266. The van der Waals surface area contributed by atoms with Gasteiger partial charge in [-0.1, -0.05) is 20.3 Å². The lowest BCUT2D eigenvalue weighted by Crippen LogP contribution is -2.53. The first-order valence-electron chi connectivity index (χ1n) is 5.82. The Morgan fingerprint density at radius 1 is 1.25 bits per heavy atom. The summed E-state index contributed by atoms with van der Waals surface area (Å²) in [6.07, 6.45) is 0.817. The first-order valence-corrected chi connectivity index (χ1v) is 5.82. The summed E-state index contributed by atoms with van der Waals surface area (Å²) < 4.78 is 0. The predicted molar refractivity (Wildman–Crippen MR) is 63.9 cm³/mol. The monoisotopic (exact) mass is 229 g/mol. The molecule has 0 saturated carbocycles. The number of likely N-dealkylation sites (N-methyl/N-ethyl adjacent to an activating group) is 1. The zero-order chi connectivity index (χ0) is 12.7. The van der Waals surface area contributed by atoms with Gasteiger partial charge >= 0.3 is 6.03 Å². The van der Waals surface area contributed by atoms with Crippen LogP contribution >= 0.6 is 0 Å². The summed E-state index contributed by atoms with van der Waals surface area (Å²) in [6, 6.07) is -1.16. The topological polar surface area (TPSA) is 75.4 Å². The van der Waals surface area contributed by atoms with Crippen LogP contribution in [-0.2, 0) is 4.79 Å². The molecule has 0 aromatic carbocycles. The van der Waals surface area contributed by atoms with Gasteiger partial charge in [0.1, 0.15) is 6.04 Å². The molecule has 16 heavy (non-hydrogen) atoms. The van der Waals surface area contributed by atoms with Crippen LogP contribution in [-0.4, -0.2) is 36.0 Å². The van der Waals surface area contributed by atoms with E-state index in [-0.39, 0.29) is 11.8 Å². The zero-order valence-electron chi connectivity index (χ0n) is 10.6. The number of urea groups is 1. The van der Waals surface area contributed by atoms with Crippen molar-refractivity contribution in [2.75, 3.05) is 13.1 Å². The van der Waals surface area contributed by atoms with Crippen molar-refractivity contribution < 1.29 is 9.59 Å². The zero-order valence-corrected chi connectivity index (χ0v) is 10.6. The lowest BCUT2D eigenvalue weighted by Gasteiger charge is -2.28. The van der Waals surface area contributed by atoms with Gasteiger partial charge in [0.25, 0.3) is 0 Å². The summed E-state index contributed by atoms with van der Waals surface area (Å²) in [6.45, 7) is 9.03. The Morgan fingerprint density at radius 2 is 1.75 bits per heavy atom. The molecule has 0 aliphatic rings. The number of nitrogens with one attached hydrogen (secondary N) is 1. The minimum atomic E-state index is -0.647. The lowest BCUT2D eigenvalue weighted by atomic mass is 9.98. The van der Waals surface area contributed by atoms with E-state index in [2.05, 4.69) is 5.32 Å². The molecule has 0 spiro atoms. The van der Waals surface area contributed by atoms with Crippen LogP contribution in [0.15, 0.2) is 0 Å². The Morgan fingerprint density at radius 3 is 2.06 bits per heavy atom. The van der Waals surface area contributed by atoms with Crippen LogP contribution in [0.2, 0.25) is 0 Å². The van der Waals surface area contributed by atoms with E-state index in [1.54, 1.807) is 4.90 Å². The molecule has 0 radical (unpaired) electrons. The first kappa shape index (κ1) is 14.7. The van der Waals surface area contributed by atoms with Crippen LogP contribution in [0.3, 0.4) is 0 Å². The number of hydrogen-bond acceptors (Lipinski definition) is 2. The molecule has 0 aliphatic carbocycles. The highest BCUT2D eigenvalue weighted by molar-refractivity contribution is 5.86. The van der Waals surface area contributed by atoms with Crippen LogP contribution in [0.1, 0.15) is 34.1 Å². The highest BCUT2D eigenvalue weighted by Crippen LogP contribution is 2.10. The molecule has 5 nitrogen and oxygen atoms in total. The van der Waals surface area contributed by atoms with E-state index in [0.717, 1.165) is 6.42 Å². The van der Waals surface area contributed by atoms with Crippen LogP contribution < -0.4 is 11.1 Å². The van der Waals surface area contributed by atoms with Crippen molar-refractivity contribution in [3.63, 3.8) is 0 Å². The van der Waals surface area contributed by atoms with Gasteiger partial charge in [0.15, 0.2) is 0 Å². The molecule has 2 unspecified atom stereocenters. The first-order chi connectivity index (χ1) is 7.47. The standard InChI is InChI=1S/C11H23N3O2/c1-5-8(4)9(13-11(12)16)10(15)14(6-2)7-3/h8-9H,5-7H2,1-4H3,(H3,12,13,16). The lowest BCUT2D eigenvalue weighted by molar-refractivity contribution is -0.134. The summed E-state index contributed by atoms with van der Waals surface area (Å²) in [5, 5.41) is 2.53. The highest BCUT2D eigenvalue weighted by atomic mass is 16.2. The third-order valence-corrected chi connectivity index (χ3v) is 2.85. The number of amides is 3. The van der Waals surface area contributed by atoms with Gasteiger partial charge in [0.05, 0.1) is 0 Å². The van der Waals surface area contributed by atoms with Crippen molar-refractivity contribution in [2.24, 2.45) is 11.7 Å². The maximum absolute atomic E-state index is 12.1. The van der Waals surface area contributed by atoms with E-state index < -0.39 is 12.1 Å². The molecule has 94 valence electrons. The van der Waals surface area contributed by atoms with E-state index in [1.165, 1.54) is 0 Å². The van der Waals surface area contributed by atoms with Crippen molar-refractivity contribution in [2.45, 2.75) is 40.2 Å². The fourth-order valence-electron chi connectivity index (χ4n) is 1.57. The van der Waals surface area contributed by atoms with Gasteiger partial charge < -0.3 is 16.0 Å². The van der Waals surface area contributed by atoms with Gasteiger partial charge in [-0.15, -0.1) is 0 Å². The summed E-state index contributed by atoms with van der Waals surface area (Å²) in [7, 11) is 0. The van der Waals surface area contributed by atoms with Crippen LogP contribution in [0, 0.1) is 5.92 Å². The van der Waals surface area contributed by atoms with E-state index in [4.69, 9.17) is 5.73 Å².